The molecule has 2 aromatic carbocycles. The number of β-amino-alcohol motifs (C(OH)–C–C–N with tert-alkyl or cyclic N) is 1. The van der Waals surface area contributed by atoms with E-state index in [1.165, 1.54) is 0 Å². The maximum Gasteiger partial charge on any atom is 0.124 e. The predicted molar refractivity (Wildman–Crippen MR) is 101 cm³/mol. The Labute approximate surface area is 154 Å². The van der Waals surface area contributed by atoms with Gasteiger partial charge in [0.1, 0.15) is 11.5 Å². The summed E-state index contributed by atoms with van der Waals surface area (Å²) < 4.78 is 10.6. The second-order valence-electron chi connectivity index (χ2n) is 6.82. The van der Waals surface area contributed by atoms with Crippen LogP contribution < -0.4 is 9.47 Å². The molecule has 1 fully saturated rings. The van der Waals surface area contributed by atoms with Crippen molar-refractivity contribution in [2.75, 3.05) is 33.9 Å². The Kier molecular flexibility index (Phi) is 5.81. The largest absolute Gasteiger partial charge is 0.497 e. The van der Waals surface area contributed by atoms with Gasteiger partial charge in [0, 0.05) is 25.2 Å². The molecular weight excluding hydrogens is 330 g/mol. The fourth-order valence-electron chi connectivity index (χ4n) is 3.60. The van der Waals surface area contributed by atoms with E-state index < -0.39 is 11.7 Å². The van der Waals surface area contributed by atoms with E-state index in [0.717, 1.165) is 35.7 Å². The third-order valence-corrected chi connectivity index (χ3v) is 5.20. The highest BCUT2D eigenvalue weighted by Crippen LogP contribution is 2.38. The molecule has 1 unspecified atom stereocenters. The Morgan fingerprint density at radius 3 is 2.46 bits per heavy atom. The second-order valence-corrected chi connectivity index (χ2v) is 6.82. The molecule has 3 rings (SSSR count). The molecule has 1 aliphatic rings. The summed E-state index contributed by atoms with van der Waals surface area (Å²) >= 11 is 0. The van der Waals surface area contributed by atoms with Crippen molar-refractivity contribution in [1.82, 2.24) is 4.90 Å². The van der Waals surface area contributed by atoms with Crippen LogP contribution in [-0.2, 0) is 5.60 Å². The van der Waals surface area contributed by atoms with E-state index in [1.807, 2.05) is 48.5 Å². The zero-order chi connectivity index (χ0) is 18.6. The molecule has 5 nitrogen and oxygen atoms in total. The smallest absolute Gasteiger partial charge is 0.124 e. The van der Waals surface area contributed by atoms with Crippen molar-refractivity contribution in [2.45, 2.75) is 24.5 Å². The zero-order valence-corrected chi connectivity index (χ0v) is 15.4. The summed E-state index contributed by atoms with van der Waals surface area (Å²) in [6.45, 7) is 1.97. The number of rotatable bonds is 6. The van der Waals surface area contributed by atoms with Crippen molar-refractivity contribution in [3.63, 3.8) is 0 Å². The van der Waals surface area contributed by atoms with Gasteiger partial charge in [-0.15, -0.1) is 0 Å². The van der Waals surface area contributed by atoms with Crippen LogP contribution in [0.4, 0.5) is 0 Å². The second kappa shape index (κ2) is 8.08. The molecule has 0 aliphatic carbocycles. The summed E-state index contributed by atoms with van der Waals surface area (Å²) in [5.74, 6) is 1.46. The van der Waals surface area contributed by atoms with Crippen LogP contribution in [0.2, 0.25) is 0 Å². The average Bonchev–Trinajstić information content (AvgIpc) is 2.69. The maximum absolute atomic E-state index is 11.1. The van der Waals surface area contributed by atoms with E-state index in [4.69, 9.17) is 9.47 Å². The fourth-order valence-corrected chi connectivity index (χ4v) is 3.60. The molecule has 0 radical (unpaired) electrons. The van der Waals surface area contributed by atoms with Gasteiger partial charge in [-0.2, -0.15) is 0 Å². The van der Waals surface area contributed by atoms with Gasteiger partial charge in [0.05, 0.1) is 25.9 Å². The number of nitrogens with zero attached hydrogens (tertiary/aromatic N) is 1. The highest BCUT2D eigenvalue weighted by molar-refractivity contribution is 5.38. The highest BCUT2D eigenvalue weighted by atomic mass is 16.5. The van der Waals surface area contributed by atoms with E-state index in [0.29, 0.717) is 19.4 Å². The molecular formula is C21H27NO4. The van der Waals surface area contributed by atoms with Gasteiger partial charge in [0.2, 0.25) is 0 Å². The number of methoxy groups -OCH3 is 2. The van der Waals surface area contributed by atoms with Crippen LogP contribution in [0.5, 0.6) is 11.5 Å². The fraction of sp³-hybridized carbons (Fsp3) is 0.429. The zero-order valence-electron chi connectivity index (χ0n) is 15.4. The van der Waals surface area contributed by atoms with Gasteiger partial charge >= 0.3 is 0 Å². The Morgan fingerprint density at radius 1 is 1.04 bits per heavy atom. The van der Waals surface area contributed by atoms with Gasteiger partial charge < -0.3 is 24.6 Å². The van der Waals surface area contributed by atoms with Crippen LogP contribution in [0, 0.1) is 0 Å². The Bertz CT molecular complexity index is 725. The molecule has 140 valence electrons. The number of aliphatic hydroxyl groups is 2. The minimum absolute atomic E-state index is 0.537. The van der Waals surface area contributed by atoms with Crippen LogP contribution in [-0.4, -0.2) is 49.0 Å². The van der Waals surface area contributed by atoms with Gasteiger partial charge in [0.15, 0.2) is 0 Å². The minimum Gasteiger partial charge on any atom is -0.497 e. The lowest BCUT2D eigenvalue weighted by atomic mass is 9.83. The number of hydrogen-bond acceptors (Lipinski definition) is 5. The van der Waals surface area contributed by atoms with Gasteiger partial charge in [-0.25, -0.2) is 0 Å². The van der Waals surface area contributed by atoms with Crippen molar-refractivity contribution in [3.05, 3.63) is 59.7 Å². The molecule has 2 aromatic rings. The summed E-state index contributed by atoms with van der Waals surface area (Å²) in [5, 5.41) is 21.6. The quantitative estimate of drug-likeness (QED) is 0.832. The summed E-state index contributed by atoms with van der Waals surface area (Å²) in [4.78, 5) is 2.19. The first kappa shape index (κ1) is 18.7. The van der Waals surface area contributed by atoms with Crippen LogP contribution in [0.25, 0.3) is 0 Å². The molecule has 26 heavy (non-hydrogen) atoms. The summed E-state index contributed by atoms with van der Waals surface area (Å²) in [5.41, 5.74) is 0.801. The van der Waals surface area contributed by atoms with E-state index in [9.17, 15) is 10.2 Å². The van der Waals surface area contributed by atoms with Crippen molar-refractivity contribution in [2.24, 2.45) is 0 Å². The Morgan fingerprint density at radius 2 is 1.77 bits per heavy atom. The van der Waals surface area contributed by atoms with Gasteiger partial charge in [-0.05, 0) is 36.6 Å². The first-order chi connectivity index (χ1) is 12.6. The van der Waals surface area contributed by atoms with Crippen LogP contribution >= 0.6 is 0 Å². The molecule has 5 heteroatoms. The molecule has 1 atom stereocenters. The highest BCUT2D eigenvalue weighted by Gasteiger charge is 2.36. The molecule has 0 amide bonds. The van der Waals surface area contributed by atoms with Crippen LogP contribution in [0.15, 0.2) is 48.5 Å². The summed E-state index contributed by atoms with van der Waals surface area (Å²) in [6, 6.07) is 15.2. The number of hydrogen-bond donors (Lipinski definition) is 2. The number of para-hydroxylation sites is 1. The molecule has 0 saturated carbocycles. The lowest BCUT2D eigenvalue weighted by Gasteiger charge is -2.39. The van der Waals surface area contributed by atoms with Crippen LogP contribution in [0.3, 0.4) is 0 Å². The summed E-state index contributed by atoms with van der Waals surface area (Å²) in [6.07, 6.45) is 0.638. The molecule has 1 aliphatic heterocycles. The molecule has 0 aromatic heterocycles. The molecule has 0 bridgehead atoms. The number of benzene rings is 2. The van der Waals surface area contributed by atoms with E-state index >= 15 is 0 Å². The predicted octanol–water partition coefficient (Wildman–Crippen LogP) is 2.72. The van der Waals surface area contributed by atoms with Crippen molar-refractivity contribution in [3.8, 4) is 11.5 Å². The summed E-state index contributed by atoms with van der Waals surface area (Å²) in [7, 11) is 3.25. The van der Waals surface area contributed by atoms with E-state index in [-0.39, 0.29) is 0 Å². The van der Waals surface area contributed by atoms with Crippen molar-refractivity contribution < 1.29 is 19.7 Å². The van der Waals surface area contributed by atoms with Gasteiger partial charge in [-0.3, -0.25) is 0 Å². The number of piperidine rings is 1. The van der Waals surface area contributed by atoms with E-state index in [2.05, 4.69) is 4.90 Å². The Hall–Kier alpha value is -2.08. The van der Waals surface area contributed by atoms with Gasteiger partial charge in [0.25, 0.3) is 0 Å². The third kappa shape index (κ3) is 4.01. The standard InChI is InChI=1S/C21H27NO4/c1-25-17-7-5-6-16(14-17)19(23)15-22-12-10-21(24,11-13-22)18-8-3-4-9-20(18)26-2/h3-9,14,19,23-24H,10-13,15H2,1-2H3. The lowest BCUT2D eigenvalue weighted by Crippen LogP contribution is -2.44. The van der Waals surface area contributed by atoms with E-state index in [1.54, 1.807) is 14.2 Å². The monoisotopic (exact) mass is 357 g/mol. The number of ether oxygens (including phenoxy) is 2. The normalized spacial score (nSPS) is 18.3. The number of likely N-dealkylation sites (tertiary alicyclic amines) is 1. The first-order valence-electron chi connectivity index (χ1n) is 8.96. The number of aliphatic hydroxyl groups excluding tert-OH is 1. The molecule has 1 heterocycles. The maximum atomic E-state index is 11.1. The molecule has 2 N–H and O–H groups in total. The molecule has 1 saturated heterocycles. The minimum atomic E-state index is -0.885. The van der Waals surface area contributed by atoms with Gasteiger partial charge in [-0.1, -0.05) is 30.3 Å². The Balaban J connectivity index is 1.63. The van der Waals surface area contributed by atoms with Crippen molar-refractivity contribution >= 4 is 0 Å². The SMILES string of the molecule is COc1cccc(C(O)CN2CCC(O)(c3ccccc3OC)CC2)c1. The lowest BCUT2D eigenvalue weighted by molar-refractivity contribution is -0.0358. The van der Waals surface area contributed by atoms with Crippen molar-refractivity contribution in [1.29, 1.82) is 0 Å². The third-order valence-electron chi connectivity index (χ3n) is 5.20. The molecule has 0 spiro atoms. The topological polar surface area (TPSA) is 62.2 Å². The first-order valence-corrected chi connectivity index (χ1v) is 8.96. The average molecular weight is 357 g/mol. The van der Waals surface area contributed by atoms with Crippen LogP contribution in [0.1, 0.15) is 30.1 Å².